The minimum Gasteiger partial charge on any atom is -0.300 e. The van der Waals surface area contributed by atoms with Crippen LogP contribution in [0.5, 0.6) is 0 Å². The van der Waals surface area contributed by atoms with Crippen LogP contribution in [0.1, 0.15) is 65.7 Å². The van der Waals surface area contributed by atoms with E-state index in [1.165, 1.54) is 0 Å². The Bertz CT molecular complexity index is 660. The van der Waals surface area contributed by atoms with Gasteiger partial charge in [-0.1, -0.05) is 12.5 Å². The van der Waals surface area contributed by atoms with Crippen molar-refractivity contribution in [2.75, 3.05) is 0 Å². The van der Waals surface area contributed by atoms with Crippen molar-refractivity contribution in [3.63, 3.8) is 0 Å². The van der Waals surface area contributed by atoms with E-state index in [-0.39, 0.29) is 29.3 Å². The summed E-state index contributed by atoms with van der Waals surface area (Å²) in [6.45, 7) is 6.18. The molecule has 0 saturated heterocycles. The second-order valence-electron chi connectivity index (χ2n) is 9.14. The molecule has 3 fully saturated rings. The fourth-order valence-corrected chi connectivity index (χ4v) is 7.09. The van der Waals surface area contributed by atoms with E-state index in [4.69, 9.17) is 0 Å². The molecule has 3 saturated carbocycles. The number of fused-ring (bicyclic) bond motifs is 5. The lowest BCUT2D eigenvalue weighted by Gasteiger charge is -2.57. The van der Waals surface area contributed by atoms with Gasteiger partial charge in [-0.15, -0.1) is 0 Å². The molecule has 24 heavy (non-hydrogen) atoms. The van der Waals surface area contributed by atoms with Crippen LogP contribution in [0.25, 0.3) is 0 Å². The summed E-state index contributed by atoms with van der Waals surface area (Å²) in [6, 6.07) is 0. The molecule has 0 unspecified atom stereocenters. The maximum atomic E-state index is 12.8. The summed E-state index contributed by atoms with van der Waals surface area (Å²) >= 11 is 0. The van der Waals surface area contributed by atoms with Crippen molar-refractivity contribution in [2.24, 2.45) is 34.5 Å². The Morgan fingerprint density at radius 1 is 1.08 bits per heavy atom. The van der Waals surface area contributed by atoms with Crippen molar-refractivity contribution in [1.29, 1.82) is 0 Å². The highest BCUT2D eigenvalue weighted by atomic mass is 16.2. The minimum absolute atomic E-state index is 0.0101. The fraction of sp³-hybridized carbons (Fsp3) is 0.762. The number of Topliss-reactive ketones (excluding diaryl/α,β-unsaturated/α-hetero) is 2. The SMILES string of the molecule is CC(=O)[C@@H]1CC[C@H]2[C@H]3CCC4=CC(=O)CC(=O)[C@@]4(C)[C@@H]3CC[C@]12C. The number of carbonyl (C=O) groups is 3. The quantitative estimate of drug-likeness (QED) is 0.686. The first kappa shape index (κ1) is 16.2. The van der Waals surface area contributed by atoms with E-state index in [0.717, 1.165) is 44.1 Å². The van der Waals surface area contributed by atoms with Crippen molar-refractivity contribution < 1.29 is 14.4 Å². The molecule has 0 aliphatic heterocycles. The van der Waals surface area contributed by atoms with Crippen molar-refractivity contribution in [3.05, 3.63) is 11.6 Å². The molecule has 3 heteroatoms. The zero-order valence-corrected chi connectivity index (χ0v) is 15.1. The van der Waals surface area contributed by atoms with Crippen LogP contribution in [-0.2, 0) is 14.4 Å². The zero-order chi connectivity index (χ0) is 17.3. The lowest BCUT2D eigenvalue weighted by molar-refractivity contribution is -0.142. The van der Waals surface area contributed by atoms with E-state index in [0.29, 0.717) is 23.5 Å². The summed E-state index contributed by atoms with van der Waals surface area (Å²) in [4.78, 5) is 36.8. The molecule has 3 nitrogen and oxygen atoms in total. The van der Waals surface area contributed by atoms with Gasteiger partial charge in [0.15, 0.2) is 11.6 Å². The lowest BCUT2D eigenvalue weighted by Crippen LogP contribution is -2.54. The number of rotatable bonds is 1. The molecular formula is C21H28O3. The third-order valence-corrected chi connectivity index (χ3v) is 8.33. The van der Waals surface area contributed by atoms with Crippen LogP contribution in [0.3, 0.4) is 0 Å². The zero-order valence-electron chi connectivity index (χ0n) is 15.1. The first-order valence-corrected chi connectivity index (χ1v) is 9.56. The highest BCUT2D eigenvalue weighted by Gasteiger charge is 2.61. The van der Waals surface area contributed by atoms with E-state index in [2.05, 4.69) is 13.8 Å². The molecule has 130 valence electrons. The number of hydrogen-bond acceptors (Lipinski definition) is 3. The highest BCUT2D eigenvalue weighted by molar-refractivity contribution is 6.11. The summed E-state index contributed by atoms with van der Waals surface area (Å²) in [7, 11) is 0. The predicted octanol–water partition coefficient (Wildman–Crippen LogP) is 3.90. The topological polar surface area (TPSA) is 51.2 Å². The van der Waals surface area contributed by atoms with Gasteiger partial charge in [0, 0.05) is 5.92 Å². The number of ketones is 3. The van der Waals surface area contributed by atoms with Crippen LogP contribution in [-0.4, -0.2) is 17.3 Å². The van der Waals surface area contributed by atoms with Crippen molar-refractivity contribution in [2.45, 2.75) is 65.7 Å². The average Bonchev–Trinajstić information content (AvgIpc) is 2.86. The van der Waals surface area contributed by atoms with E-state index in [9.17, 15) is 14.4 Å². The van der Waals surface area contributed by atoms with Crippen molar-refractivity contribution >= 4 is 17.3 Å². The summed E-state index contributed by atoms with van der Waals surface area (Å²) in [5.41, 5.74) is 0.791. The highest BCUT2D eigenvalue weighted by Crippen LogP contribution is 2.66. The molecule has 6 atom stereocenters. The molecule has 4 aliphatic carbocycles. The largest absolute Gasteiger partial charge is 0.300 e. The Morgan fingerprint density at radius 3 is 2.54 bits per heavy atom. The molecule has 0 aromatic rings. The molecule has 0 radical (unpaired) electrons. The van der Waals surface area contributed by atoms with Crippen LogP contribution < -0.4 is 0 Å². The Kier molecular flexibility index (Phi) is 3.47. The fourth-order valence-electron chi connectivity index (χ4n) is 7.09. The first-order chi connectivity index (χ1) is 11.3. The maximum Gasteiger partial charge on any atom is 0.163 e. The van der Waals surface area contributed by atoms with Gasteiger partial charge in [-0.3, -0.25) is 14.4 Å². The van der Waals surface area contributed by atoms with Crippen LogP contribution >= 0.6 is 0 Å². The molecule has 0 spiro atoms. The summed E-state index contributed by atoms with van der Waals surface area (Å²) in [5.74, 6) is 2.15. The third kappa shape index (κ3) is 1.93. The van der Waals surface area contributed by atoms with Crippen LogP contribution in [0, 0.1) is 34.5 Å². The number of hydrogen-bond donors (Lipinski definition) is 0. The van der Waals surface area contributed by atoms with Gasteiger partial charge in [-0.05, 0) is 81.6 Å². The van der Waals surface area contributed by atoms with Crippen LogP contribution in [0.2, 0.25) is 0 Å². The smallest absolute Gasteiger partial charge is 0.163 e. The molecule has 0 heterocycles. The first-order valence-electron chi connectivity index (χ1n) is 9.56. The third-order valence-electron chi connectivity index (χ3n) is 8.33. The van der Waals surface area contributed by atoms with Gasteiger partial charge in [0.05, 0.1) is 11.8 Å². The molecule has 4 rings (SSSR count). The number of allylic oxidation sites excluding steroid dienone is 1. The summed E-state index contributed by atoms with van der Waals surface area (Å²) < 4.78 is 0. The van der Waals surface area contributed by atoms with Gasteiger partial charge >= 0.3 is 0 Å². The van der Waals surface area contributed by atoms with Gasteiger partial charge in [-0.25, -0.2) is 0 Å². The second kappa shape index (κ2) is 5.12. The van der Waals surface area contributed by atoms with Gasteiger partial charge in [0.25, 0.3) is 0 Å². The molecule has 0 amide bonds. The molecule has 0 aromatic heterocycles. The maximum absolute atomic E-state index is 12.8. The summed E-state index contributed by atoms with van der Waals surface area (Å²) in [6.07, 6.45) is 8.04. The van der Waals surface area contributed by atoms with Crippen molar-refractivity contribution in [3.8, 4) is 0 Å². The molecule has 0 N–H and O–H groups in total. The molecule has 0 bridgehead atoms. The van der Waals surface area contributed by atoms with Crippen LogP contribution in [0.4, 0.5) is 0 Å². The Hall–Kier alpha value is -1.25. The lowest BCUT2D eigenvalue weighted by atomic mass is 9.46. The Balaban J connectivity index is 1.71. The monoisotopic (exact) mass is 328 g/mol. The van der Waals surface area contributed by atoms with Gasteiger partial charge in [0.1, 0.15) is 5.78 Å². The van der Waals surface area contributed by atoms with Gasteiger partial charge in [-0.2, -0.15) is 0 Å². The predicted molar refractivity (Wildman–Crippen MR) is 91.3 cm³/mol. The van der Waals surface area contributed by atoms with Gasteiger partial charge in [0.2, 0.25) is 0 Å². The molecule has 4 aliphatic rings. The Morgan fingerprint density at radius 2 is 1.83 bits per heavy atom. The standard InChI is InChI=1S/C21H28O3/c1-12(22)16-6-7-17-15-5-4-13-10-14(23)11-19(24)21(13,3)18(15)8-9-20(16,17)2/h10,15-18H,4-9,11H2,1-3H3/t15-,16+,17+,18-,20-,21-/m1/s1. The van der Waals surface area contributed by atoms with E-state index < -0.39 is 5.41 Å². The van der Waals surface area contributed by atoms with E-state index in [1.807, 2.05) is 0 Å². The number of carbonyl (C=O) groups excluding carboxylic acids is 3. The summed E-state index contributed by atoms with van der Waals surface area (Å²) in [5, 5.41) is 0. The normalized spacial score (nSPS) is 47.5. The average molecular weight is 328 g/mol. The van der Waals surface area contributed by atoms with E-state index >= 15 is 0 Å². The second-order valence-corrected chi connectivity index (χ2v) is 9.14. The molecule has 0 aromatic carbocycles. The van der Waals surface area contributed by atoms with Crippen molar-refractivity contribution in [1.82, 2.24) is 0 Å². The van der Waals surface area contributed by atoms with Gasteiger partial charge < -0.3 is 0 Å². The van der Waals surface area contributed by atoms with E-state index in [1.54, 1.807) is 13.0 Å². The minimum atomic E-state index is -0.424. The van der Waals surface area contributed by atoms with Crippen LogP contribution in [0.15, 0.2) is 11.6 Å². The Labute approximate surface area is 144 Å². The molecular weight excluding hydrogens is 300 g/mol.